The van der Waals surface area contributed by atoms with Crippen molar-refractivity contribution in [3.63, 3.8) is 0 Å². The van der Waals surface area contributed by atoms with Crippen molar-refractivity contribution in [2.45, 2.75) is 20.4 Å². The number of benzene rings is 2. The minimum absolute atomic E-state index is 0.212. The molecule has 5 nitrogen and oxygen atoms in total. The van der Waals surface area contributed by atoms with Crippen molar-refractivity contribution in [1.29, 1.82) is 0 Å². The molecule has 0 atom stereocenters. The number of aromatic nitrogens is 2. The van der Waals surface area contributed by atoms with Crippen LogP contribution in [-0.2, 0) is 6.54 Å². The highest BCUT2D eigenvalue weighted by Gasteiger charge is 2.11. The van der Waals surface area contributed by atoms with E-state index in [1.807, 2.05) is 62.2 Å². The maximum atomic E-state index is 12.4. The second-order valence-corrected chi connectivity index (χ2v) is 6.31. The molecule has 0 radical (unpaired) electrons. The fourth-order valence-corrected chi connectivity index (χ4v) is 2.64. The summed E-state index contributed by atoms with van der Waals surface area (Å²) >= 11 is 0. The van der Waals surface area contributed by atoms with Crippen LogP contribution in [0.25, 0.3) is 0 Å². The smallest absolute Gasteiger partial charge is 0.258 e. The van der Waals surface area contributed by atoms with Crippen LogP contribution in [0.15, 0.2) is 60.9 Å². The lowest BCUT2D eigenvalue weighted by Crippen LogP contribution is -2.20. The first-order valence-corrected chi connectivity index (χ1v) is 8.49. The predicted octanol–water partition coefficient (Wildman–Crippen LogP) is 3.98. The average Bonchev–Trinajstić information content (AvgIpc) is 2.66. The van der Waals surface area contributed by atoms with E-state index >= 15 is 0 Å². The van der Waals surface area contributed by atoms with Crippen LogP contribution in [0.1, 0.15) is 27.0 Å². The molecule has 2 aromatic carbocycles. The summed E-state index contributed by atoms with van der Waals surface area (Å²) in [5.74, 6) is 0.369. The van der Waals surface area contributed by atoms with Gasteiger partial charge in [0.15, 0.2) is 0 Å². The molecular weight excluding hydrogens is 324 g/mol. The molecule has 3 aromatic rings. The maximum Gasteiger partial charge on any atom is 0.258 e. The lowest BCUT2D eigenvalue weighted by Gasteiger charge is -2.17. The minimum atomic E-state index is -0.212. The fourth-order valence-electron chi connectivity index (χ4n) is 2.64. The number of rotatable bonds is 5. The van der Waals surface area contributed by atoms with Gasteiger partial charge in [0, 0.05) is 31.7 Å². The van der Waals surface area contributed by atoms with Crippen LogP contribution in [0, 0.1) is 13.8 Å². The molecule has 0 saturated heterocycles. The van der Waals surface area contributed by atoms with E-state index in [0.717, 1.165) is 16.8 Å². The van der Waals surface area contributed by atoms with E-state index in [1.165, 1.54) is 5.56 Å². The highest BCUT2D eigenvalue weighted by atomic mass is 16.1. The fraction of sp³-hybridized carbons (Fsp3) is 0.190. The second-order valence-electron chi connectivity index (χ2n) is 6.31. The van der Waals surface area contributed by atoms with E-state index in [1.54, 1.807) is 12.4 Å². The molecule has 1 N–H and O–H groups in total. The van der Waals surface area contributed by atoms with Crippen LogP contribution in [0.2, 0.25) is 0 Å². The van der Waals surface area contributed by atoms with Gasteiger partial charge in [-0.25, -0.2) is 9.97 Å². The van der Waals surface area contributed by atoms with Crippen molar-refractivity contribution in [3.05, 3.63) is 83.2 Å². The van der Waals surface area contributed by atoms with Crippen molar-refractivity contribution >= 4 is 17.5 Å². The van der Waals surface area contributed by atoms with Crippen LogP contribution < -0.4 is 10.2 Å². The summed E-state index contributed by atoms with van der Waals surface area (Å²) in [5.41, 5.74) is 4.61. The van der Waals surface area contributed by atoms with Gasteiger partial charge in [0.2, 0.25) is 5.95 Å². The first-order valence-electron chi connectivity index (χ1n) is 8.49. The maximum absolute atomic E-state index is 12.4. The minimum Gasteiger partial charge on any atom is -0.340 e. The normalized spacial score (nSPS) is 10.4. The van der Waals surface area contributed by atoms with Crippen LogP contribution >= 0.6 is 0 Å². The molecule has 26 heavy (non-hydrogen) atoms. The van der Waals surface area contributed by atoms with Crippen molar-refractivity contribution < 1.29 is 4.79 Å². The Morgan fingerprint density at radius 2 is 1.69 bits per heavy atom. The van der Waals surface area contributed by atoms with E-state index in [2.05, 4.69) is 27.4 Å². The molecule has 132 valence electrons. The summed E-state index contributed by atoms with van der Waals surface area (Å²) in [6.07, 6.45) is 3.12. The standard InChI is InChI=1S/C21H22N4O/c1-15-8-7-11-19(16(15)2)24-20(26)18-12-22-21(23-13-18)25(3)14-17-9-5-4-6-10-17/h4-13H,14H2,1-3H3,(H,24,26). The molecule has 5 heteroatoms. The monoisotopic (exact) mass is 346 g/mol. The predicted molar refractivity (Wildman–Crippen MR) is 104 cm³/mol. The Balaban J connectivity index is 1.68. The topological polar surface area (TPSA) is 58.1 Å². The summed E-state index contributed by atoms with van der Waals surface area (Å²) < 4.78 is 0. The van der Waals surface area contributed by atoms with Crippen molar-refractivity contribution in [2.75, 3.05) is 17.3 Å². The van der Waals surface area contributed by atoms with E-state index in [4.69, 9.17) is 0 Å². The first kappa shape index (κ1) is 17.6. The molecule has 1 amide bonds. The Kier molecular flexibility index (Phi) is 5.27. The van der Waals surface area contributed by atoms with Crippen LogP contribution in [0.4, 0.5) is 11.6 Å². The number of nitrogens with zero attached hydrogens (tertiary/aromatic N) is 3. The van der Waals surface area contributed by atoms with Crippen LogP contribution in [0.5, 0.6) is 0 Å². The zero-order valence-corrected chi connectivity index (χ0v) is 15.2. The number of carbonyl (C=O) groups is 1. The van der Waals surface area contributed by atoms with Crippen LogP contribution in [0.3, 0.4) is 0 Å². The Hall–Kier alpha value is -3.21. The molecule has 0 bridgehead atoms. The summed E-state index contributed by atoms with van der Waals surface area (Å²) in [6, 6.07) is 16.0. The Labute approximate surface area is 153 Å². The third-order valence-electron chi connectivity index (χ3n) is 4.36. The lowest BCUT2D eigenvalue weighted by atomic mass is 10.1. The molecule has 3 rings (SSSR count). The van der Waals surface area contributed by atoms with Gasteiger partial charge in [-0.3, -0.25) is 4.79 Å². The van der Waals surface area contributed by atoms with Crippen molar-refractivity contribution in [3.8, 4) is 0 Å². The third-order valence-corrected chi connectivity index (χ3v) is 4.36. The number of anilines is 2. The molecule has 0 fully saturated rings. The number of aryl methyl sites for hydroxylation is 1. The van der Waals surface area contributed by atoms with Crippen molar-refractivity contribution in [1.82, 2.24) is 9.97 Å². The molecule has 0 aliphatic heterocycles. The number of carbonyl (C=O) groups excluding carboxylic acids is 1. The van der Waals surface area contributed by atoms with Gasteiger partial charge in [0.1, 0.15) is 0 Å². The van der Waals surface area contributed by atoms with Gasteiger partial charge < -0.3 is 10.2 Å². The average molecular weight is 346 g/mol. The van der Waals surface area contributed by atoms with Gasteiger partial charge in [0.05, 0.1) is 5.56 Å². The Morgan fingerprint density at radius 1 is 1.00 bits per heavy atom. The quantitative estimate of drug-likeness (QED) is 0.759. The summed E-state index contributed by atoms with van der Waals surface area (Å²) in [5, 5.41) is 2.92. The van der Waals surface area contributed by atoms with Gasteiger partial charge in [-0.2, -0.15) is 0 Å². The second kappa shape index (κ2) is 7.78. The van der Waals surface area contributed by atoms with Crippen LogP contribution in [-0.4, -0.2) is 22.9 Å². The van der Waals surface area contributed by atoms with Crippen molar-refractivity contribution in [2.24, 2.45) is 0 Å². The Bertz CT molecular complexity index is 892. The molecule has 0 spiro atoms. The summed E-state index contributed by atoms with van der Waals surface area (Å²) in [4.78, 5) is 23.1. The Morgan fingerprint density at radius 3 is 2.38 bits per heavy atom. The zero-order valence-electron chi connectivity index (χ0n) is 15.2. The SMILES string of the molecule is Cc1cccc(NC(=O)c2cnc(N(C)Cc3ccccc3)nc2)c1C. The highest BCUT2D eigenvalue weighted by molar-refractivity contribution is 6.04. The third kappa shape index (κ3) is 4.06. The zero-order chi connectivity index (χ0) is 18.5. The van der Waals surface area contributed by atoms with Gasteiger partial charge in [-0.1, -0.05) is 42.5 Å². The van der Waals surface area contributed by atoms with E-state index in [-0.39, 0.29) is 5.91 Å². The molecule has 0 aliphatic rings. The molecule has 1 heterocycles. The number of nitrogens with one attached hydrogen (secondary N) is 1. The highest BCUT2D eigenvalue weighted by Crippen LogP contribution is 2.19. The molecule has 0 aliphatic carbocycles. The number of hydrogen-bond acceptors (Lipinski definition) is 4. The first-order chi connectivity index (χ1) is 12.5. The summed E-state index contributed by atoms with van der Waals surface area (Å²) in [6.45, 7) is 4.71. The van der Waals surface area contributed by atoms with E-state index < -0.39 is 0 Å². The van der Waals surface area contributed by atoms with E-state index in [0.29, 0.717) is 18.1 Å². The molecule has 0 unspecified atom stereocenters. The van der Waals surface area contributed by atoms with Gasteiger partial charge in [-0.15, -0.1) is 0 Å². The number of hydrogen-bond donors (Lipinski definition) is 1. The molecule has 1 aromatic heterocycles. The lowest BCUT2D eigenvalue weighted by molar-refractivity contribution is 0.102. The van der Waals surface area contributed by atoms with Gasteiger partial charge in [-0.05, 0) is 36.6 Å². The largest absolute Gasteiger partial charge is 0.340 e. The number of amides is 1. The van der Waals surface area contributed by atoms with E-state index in [9.17, 15) is 4.79 Å². The van der Waals surface area contributed by atoms with Gasteiger partial charge in [0.25, 0.3) is 5.91 Å². The van der Waals surface area contributed by atoms with Gasteiger partial charge >= 0.3 is 0 Å². The molecular formula is C21H22N4O. The molecule has 0 saturated carbocycles. The summed E-state index contributed by atoms with van der Waals surface area (Å²) in [7, 11) is 1.93.